The first kappa shape index (κ1) is 23.1. The van der Waals surface area contributed by atoms with E-state index in [0.717, 1.165) is 0 Å². The van der Waals surface area contributed by atoms with E-state index >= 15 is 0 Å². The van der Waals surface area contributed by atoms with Gasteiger partial charge in [-0.3, -0.25) is 15.0 Å². The Morgan fingerprint density at radius 2 is 1.84 bits per heavy atom. The molecule has 0 aliphatic carbocycles. The number of rotatable bonds is 5. The number of amides is 2. The van der Waals surface area contributed by atoms with Gasteiger partial charge in [-0.25, -0.2) is 4.79 Å². The third-order valence-electron chi connectivity index (χ3n) is 7.06. The van der Waals surface area contributed by atoms with Crippen molar-refractivity contribution in [3.8, 4) is 0 Å². The molecule has 0 spiro atoms. The second-order valence-corrected chi connectivity index (χ2v) is 10.4. The predicted molar refractivity (Wildman–Crippen MR) is 119 cm³/mol. The maximum absolute atomic E-state index is 13.0. The minimum Gasteiger partial charge on any atom is -0.477 e. The summed E-state index contributed by atoms with van der Waals surface area (Å²) >= 11 is 1.45. The Morgan fingerprint density at radius 3 is 2.41 bits per heavy atom. The van der Waals surface area contributed by atoms with Crippen LogP contribution in [0, 0.1) is 17.2 Å². The maximum Gasteiger partial charge on any atom is 0.353 e. The molecule has 4 rings (SSSR count). The number of fused-ring (bicyclic) bond motifs is 1. The number of carbonyl (C=O) groups excluding carboxylic acids is 2. The molecule has 4 N–H and O–H groups in total. The lowest BCUT2D eigenvalue weighted by molar-refractivity contribution is -0.163. The Morgan fingerprint density at radius 1 is 1.22 bits per heavy atom. The van der Waals surface area contributed by atoms with Crippen LogP contribution in [-0.4, -0.2) is 105 Å². The summed E-state index contributed by atoms with van der Waals surface area (Å²) in [6.45, 7) is 8.32. The molecule has 5 unspecified atom stereocenters. The number of nitrogens with zero attached hydrogens (tertiary/aromatic N) is 3. The molecule has 3 fully saturated rings. The molecule has 2 amide bonds. The predicted octanol–water partition coefficient (Wildman–Crippen LogP) is -0.255. The van der Waals surface area contributed by atoms with Crippen molar-refractivity contribution in [1.82, 2.24) is 20.0 Å². The summed E-state index contributed by atoms with van der Waals surface area (Å²) in [5.41, 5.74) is 0.0299. The van der Waals surface area contributed by atoms with E-state index in [1.54, 1.807) is 13.8 Å². The molecular weight excluding hydrogens is 434 g/mol. The van der Waals surface area contributed by atoms with Crippen molar-refractivity contribution < 1.29 is 24.6 Å². The molecule has 6 atom stereocenters. The summed E-state index contributed by atoms with van der Waals surface area (Å²) in [5, 5.41) is 30.8. The summed E-state index contributed by atoms with van der Waals surface area (Å²) in [7, 11) is 0. The van der Waals surface area contributed by atoms with Crippen LogP contribution in [0.15, 0.2) is 10.6 Å². The number of carbonyl (C=O) groups is 3. The third-order valence-corrected chi connectivity index (χ3v) is 8.57. The number of nitrogens with one attached hydrogen (secondary N) is 2. The Labute approximate surface area is 191 Å². The van der Waals surface area contributed by atoms with Gasteiger partial charge in [-0.2, -0.15) is 0 Å². The van der Waals surface area contributed by atoms with E-state index in [4.69, 9.17) is 5.41 Å². The lowest BCUT2D eigenvalue weighted by Crippen LogP contribution is -2.63. The van der Waals surface area contributed by atoms with Gasteiger partial charge in [-0.05, 0) is 20.3 Å². The number of aliphatic hydroxyl groups is 1. The monoisotopic (exact) mass is 465 g/mol. The van der Waals surface area contributed by atoms with E-state index < -0.39 is 18.0 Å². The molecule has 0 bridgehead atoms. The van der Waals surface area contributed by atoms with Crippen LogP contribution in [0.5, 0.6) is 0 Å². The van der Waals surface area contributed by atoms with Crippen molar-refractivity contribution in [3.05, 3.63) is 10.6 Å². The zero-order valence-electron chi connectivity index (χ0n) is 18.6. The first-order chi connectivity index (χ1) is 15.1. The molecule has 0 radical (unpaired) electrons. The summed E-state index contributed by atoms with van der Waals surface area (Å²) < 4.78 is 0. The smallest absolute Gasteiger partial charge is 0.353 e. The van der Waals surface area contributed by atoms with Crippen LogP contribution in [0.25, 0.3) is 0 Å². The van der Waals surface area contributed by atoms with E-state index in [-0.39, 0.29) is 40.8 Å². The number of amidine groups is 1. The highest BCUT2D eigenvalue weighted by Gasteiger charge is 2.60. The van der Waals surface area contributed by atoms with Gasteiger partial charge in [0.05, 0.1) is 29.9 Å². The molecule has 4 aliphatic rings. The average Bonchev–Trinajstić information content (AvgIpc) is 3.29. The SMILES string of the molecule is CC(=N)N1CCN(C(=O)C2CC(SC3=C(C(=O)O)N4C(=O)C(C(C)O)[C@H]4C3C)CN2)CC1. The standard InChI is InChI=1S/C21H31N5O5S/c1-10-16-15(11(2)27)20(29)26(16)17(21(30)31)18(10)32-13-8-14(23-9-13)19(28)25-6-4-24(5-7-25)12(3)22/h10-11,13-16,22-23,27H,4-9H2,1-3H3,(H,30,31)/t10?,11?,13?,14?,15?,16-/m1/s1. The quantitative estimate of drug-likeness (QED) is 0.248. The molecule has 176 valence electrons. The number of hydrogen-bond donors (Lipinski definition) is 4. The topological polar surface area (TPSA) is 137 Å². The fraction of sp³-hybridized carbons (Fsp3) is 0.714. The maximum atomic E-state index is 13.0. The van der Waals surface area contributed by atoms with Crippen molar-refractivity contribution in [2.45, 2.75) is 50.6 Å². The van der Waals surface area contributed by atoms with Gasteiger partial charge >= 0.3 is 5.97 Å². The van der Waals surface area contributed by atoms with Crippen LogP contribution >= 0.6 is 11.8 Å². The van der Waals surface area contributed by atoms with Crippen molar-refractivity contribution in [2.24, 2.45) is 11.8 Å². The molecule has 10 nitrogen and oxygen atoms in total. The normalized spacial score (nSPS) is 33.3. The molecule has 4 heterocycles. The van der Waals surface area contributed by atoms with Gasteiger partial charge in [-0.1, -0.05) is 6.92 Å². The van der Waals surface area contributed by atoms with E-state index in [1.165, 1.54) is 16.7 Å². The number of piperazine rings is 1. The molecular formula is C21H31N5O5S. The number of carboxylic acids is 1. The van der Waals surface area contributed by atoms with Gasteiger partial charge in [0, 0.05) is 48.8 Å². The van der Waals surface area contributed by atoms with Crippen molar-refractivity contribution in [2.75, 3.05) is 32.7 Å². The average molecular weight is 466 g/mol. The molecule has 0 saturated carbocycles. The fourth-order valence-corrected chi connectivity index (χ4v) is 6.80. The number of hydrogen-bond acceptors (Lipinski definition) is 7. The van der Waals surface area contributed by atoms with Crippen LogP contribution in [0.1, 0.15) is 27.2 Å². The minimum absolute atomic E-state index is 0.0275. The highest BCUT2D eigenvalue weighted by atomic mass is 32.2. The van der Waals surface area contributed by atoms with E-state index in [1.807, 2.05) is 16.7 Å². The number of β-lactam (4-membered cyclic amide) rings is 1. The van der Waals surface area contributed by atoms with Crippen LogP contribution in [-0.2, 0) is 14.4 Å². The molecule has 3 saturated heterocycles. The highest BCUT2D eigenvalue weighted by Crippen LogP contribution is 2.51. The van der Waals surface area contributed by atoms with Crippen LogP contribution in [0.3, 0.4) is 0 Å². The Kier molecular flexibility index (Phi) is 6.25. The summed E-state index contributed by atoms with van der Waals surface area (Å²) in [5.74, 6) is -1.64. The van der Waals surface area contributed by atoms with E-state index in [2.05, 4.69) is 5.32 Å². The van der Waals surface area contributed by atoms with Crippen LogP contribution < -0.4 is 5.32 Å². The van der Waals surface area contributed by atoms with Gasteiger partial charge in [0.15, 0.2) is 0 Å². The number of aliphatic hydroxyl groups excluding tert-OH is 1. The van der Waals surface area contributed by atoms with Crippen LogP contribution in [0.2, 0.25) is 0 Å². The molecule has 0 aromatic carbocycles. The third kappa shape index (κ3) is 3.80. The lowest BCUT2D eigenvalue weighted by Gasteiger charge is -2.46. The lowest BCUT2D eigenvalue weighted by atomic mass is 9.79. The van der Waals surface area contributed by atoms with E-state index in [0.29, 0.717) is 49.9 Å². The Balaban J connectivity index is 1.40. The minimum atomic E-state index is -1.13. The number of thioether (sulfide) groups is 1. The van der Waals surface area contributed by atoms with Gasteiger partial charge in [-0.15, -0.1) is 11.8 Å². The molecule has 32 heavy (non-hydrogen) atoms. The second kappa shape index (κ2) is 8.68. The van der Waals surface area contributed by atoms with Gasteiger partial charge in [0.1, 0.15) is 5.70 Å². The van der Waals surface area contributed by atoms with Crippen molar-refractivity contribution in [1.29, 1.82) is 5.41 Å². The van der Waals surface area contributed by atoms with Gasteiger partial charge < -0.3 is 30.2 Å². The first-order valence-electron chi connectivity index (χ1n) is 11.1. The zero-order chi connectivity index (χ0) is 23.3. The summed E-state index contributed by atoms with van der Waals surface area (Å²) in [6, 6.07) is -0.633. The number of aliphatic carboxylic acids is 1. The molecule has 11 heteroatoms. The summed E-state index contributed by atoms with van der Waals surface area (Å²) in [6.07, 6.45) is -0.229. The Hall–Kier alpha value is -2.11. The Bertz CT molecular complexity index is 869. The van der Waals surface area contributed by atoms with Crippen molar-refractivity contribution in [3.63, 3.8) is 0 Å². The second-order valence-electron chi connectivity index (χ2n) is 9.11. The molecule has 0 aromatic rings. The van der Waals surface area contributed by atoms with Crippen LogP contribution in [0.4, 0.5) is 0 Å². The first-order valence-corrected chi connectivity index (χ1v) is 12.0. The molecule has 0 aromatic heterocycles. The van der Waals surface area contributed by atoms with Gasteiger partial charge in [0.2, 0.25) is 11.8 Å². The van der Waals surface area contributed by atoms with Gasteiger partial charge in [0.25, 0.3) is 0 Å². The molecule has 4 aliphatic heterocycles. The number of carboxylic acid groups (broad SMARTS) is 1. The fourth-order valence-electron chi connectivity index (χ4n) is 5.32. The van der Waals surface area contributed by atoms with Crippen molar-refractivity contribution >= 4 is 35.4 Å². The largest absolute Gasteiger partial charge is 0.477 e. The highest BCUT2D eigenvalue weighted by molar-refractivity contribution is 8.03. The summed E-state index contributed by atoms with van der Waals surface area (Å²) in [4.78, 5) is 43.2. The zero-order valence-corrected chi connectivity index (χ0v) is 19.4. The van der Waals surface area contributed by atoms with E-state index in [9.17, 15) is 24.6 Å².